The molecule has 1 fully saturated rings. The molecule has 1 aromatic heterocycles. The molecule has 1 N–H and O–H groups in total. The molecule has 220 valence electrons. The van der Waals surface area contributed by atoms with Gasteiger partial charge in [-0.2, -0.15) is 0 Å². The highest BCUT2D eigenvalue weighted by molar-refractivity contribution is 5.87. The summed E-state index contributed by atoms with van der Waals surface area (Å²) in [4.78, 5) is 23.6. The number of rotatable bonds is 12. The standard InChI is InChI=1S/C34H45N3O4/c1-23(2)33(38)41-34(22-25-13-9-14-26(34)21-27(25)24-11-7-6-8-12-24)18-20-37(3)19-10-15-30-35-31-28(39-4)16-17-29(40-5)32(31)36-30/h6-8,11-12,16-17,21,23,25-26H,9-10,13-15,18-20,22H2,1-5H3,(H,35,36)/t25-,26+,34+/m0/s1. The topological polar surface area (TPSA) is 76.7 Å². The van der Waals surface area contributed by atoms with Crippen molar-refractivity contribution in [1.82, 2.24) is 14.9 Å². The highest BCUT2D eigenvalue weighted by Crippen LogP contribution is 2.51. The third kappa shape index (κ3) is 6.30. The van der Waals surface area contributed by atoms with Crippen LogP contribution in [0.5, 0.6) is 11.5 Å². The van der Waals surface area contributed by atoms with E-state index < -0.39 is 5.60 Å². The number of benzene rings is 2. The van der Waals surface area contributed by atoms with Gasteiger partial charge in [0.05, 0.1) is 20.1 Å². The number of hydrogen-bond acceptors (Lipinski definition) is 6. The van der Waals surface area contributed by atoms with Gasteiger partial charge in [-0.25, -0.2) is 4.98 Å². The molecule has 3 aliphatic rings. The Bertz CT molecular complexity index is 1320. The molecule has 0 radical (unpaired) electrons. The Labute approximate surface area is 244 Å². The zero-order chi connectivity index (χ0) is 29.0. The number of aromatic nitrogens is 2. The van der Waals surface area contributed by atoms with Crippen molar-refractivity contribution in [1.29, 1.82) is 0 Å². The zero-order valence-corrected chi connectivity index (χ0v) is 25.2. The lowest BCUT2D eigenvalue weighted by atomic mass is 9.69. The van der Waals surface area contributed by atoms with E-state index in [-0.39, 0.29) is 17.8 Å². The van der Waals surface area contributed by atoms with Crippen LogP contribution in [-0.2, 0) is 16.0 Å². The molecule has 3 aliphatic carbocycles. The molecule has 0 saturated heterocycles. The van der Waals surface area contributed by atoms with Crippen molar-refractivity contribution in [3.8, 4) is 11.5 Å². The first kappa shape index (κ1) is 29.2. The Morgan fingerprint density at radius 1 is 1.07 bits per heavy atom. The third-order valence-electron chi connectivity index (χ3n) is 8.97. The molecule has 1 saturated carbocycles. The first-order chi connectivity index (χ1) is 19.8. The van der Waals surface area contributed by atoms with E-state index in [1.54, 1.807) is 14.2 Å². The summed E-state index contributed by atoms with van der Waals surface area (Å²) < 4.78 is 17.5. The molecule has 7 nitrogen and oxygen atoms in total. The lowest BCUT2D eigenvalue weighted by Crippen LogP contribution is -2.47. The van der Waals surface area contributed by atoms with Crippen LogP contribution in [0.2, 0.25) is 0 Å². The maximum atomic E-state index is 13.0. The molecule has 6 rings (SSSR count). The van der Waals surface area contributed by atoms with Gasteiger partial charge < -0.3 is 24.1 Å². The summed E-state index contributed by atoms with van der Waals surface area (Å²) in [7, 11) is 5.50. The van der Waals surface area contributed by atoms with Crippen molar-refractivity contribution < 1.29 is 19.0 Å². The monoisotopic (exact) mass is 559 g/mol. The van der Waals surface area contributed by atoms with Crippen molar-refractivity contribution in [2.45, 2.75) is 64.4 Å². The molecule has 7 heteroatoms. The highest BCUT2D eigenvalue weighted by atomic mass is 16.6. The quantitative estimate of drug-likeness (QED) is 0.250. The predicted octanol–water partition coefficient (Wildman–Crippen LogP) is 6.68. The van der Waals surface area contributed by atoms with Gasteiger partial charge in [-0.3, -0.25) is 4.79 Å². The second-order valence-electron chi connectivity index (χ2n) is 12.1. The summed E-state index contributed by atoms with van der Waals surface area (Å²) in [5, 5.41) is 0. The highest BCUT2D eigenvalue weighted by Gasteiger charge is 2.48. The Morgan fingerprint density at radius 3 is 2.56 bits per heavy atom. The van der Waals surface area contributed by atoms with Crippen LogP contribution in [0.4, 0.5) is 0 Å². The number of nitrogens with zero attached hydrogens (tertiary/aromatic N) is 2. The molecule has 0 unspecified atom stereocenters. The number of ether oxygens (including phenoxy) is 3. The van der Waals surface area contributed by atoms with Crippen molar-refractivity contribution in [2.75, 3.05) is 34.4 Å². The number of aromatic amines is 1. The number of H-pyrrole nitrogens is 1. The molecule has 0 amide bonds. The Hall–Kier alpha value is -3.32. The molecule has 0 spiro atoms. The van der Waals surface area contributed by atoms with Crippen molar-refractivity contribution >= 4 is 22.6 Å². The molecule has 2 aromatic carbocycles. The molecular weight excluding hydrogens is 514 g/mol. The number of esters is 1. The van der Waals surface area contributed by atoms with Crippen molar-refractivity contribution in [3.63, 3.8) is 0 Å². The molecule has 1 heterocycles. The largest absolute Gasteiger partial charge is 0.494 e. The van der Waals surface area contributed by atoms with Crippen LogP contribution in [0.15, 0.2) is 48.5 Å². The minimum Gasteiger partial charge on any atom is -0.494 e. The summed E-state index contributed by atoms with van der Waals surface area (Å²) in [6.07, 6.45) is 9.40. The first-order valence-electron chi connectivity index (χ1n) is 15.1. The number of allylic oxidation sites excluding steroid dienone is 1. The minimum atomic E-state index is -0.444. The number of methoxy groups -OCH3 is 2. The van der Waals surface area contributed by atoms with Gasteiger partial charge in [-0.05, 0) is 68.5 Å². The van der Waals surface area contributed by atoms with E-state index in [1.807, 2.05) is 26.0 Å². The van der Waals surface area contributed by atoms with E-state index in [0.717, 1.165) is 80.0 Å². The maximum Gasteiger partial charge on any atom is 0.308 e. The number of nitrogens with one attached hydrogen (secondary N) is 1. The van der Waals surface area contributed by atoms with Gasteiger partial charge in [0, 0.05) is 25.3 Å². The molecule has 41 heavy (non-hydrogen) atoms. The van der Waals surface area contributed by atoms with E-state index in [9.17, 15) is 4.79 Å². The first-order valence-corrected chi connectivity index (χ1v) is 15.1. The molecular formula is C34H45N3O4. The Morgan fingerprint density at radius 2 is 1.83 bits per heavy atom. The van der Waals surface area contributed by atoms with Gasteiger partial charge in [-0.15, -0.1) is 0 Å². The van der Waals surface area contributed by atoms with Crippen LogP contribution < -0.4 is 9.47 Å². The Balaban J connectivity index is 1.26. The van der Waals surface area contributed by atoms with Crippen LogP contribution in [0, 0.1) is 17.8 Å². The van der Waals surface area contributed by atoms with Gasteiger partial charge >= 0.3 is 5.97 Å². The number of carbonyl (C=O) groups excluding carboxylic acids is 1. The van der Waals surface area contributed by atoms with Gasteiger partial charge in [0.25, 0.3) is 0 Å². The number of aryl methyl sites for hydroxylation is 1. The third-order valence-corrected chi connectivity index (χ3v) is 8.97. The van der Waals surface area contributed by atoms with E-state index >= 15 is 0 Å². The number of fused-ring (bicyclic) bond motifs is 4. The van der Waals surface area contributed by atoms with Crippen molar-refractivity contribution in [3.05, 3.63) is 59.9 Å². The second kappa shape index (κ2) is 12.7. The smallest absolute Gasteiger partial charge is 0.308 e. The van der Waals surface area contributed by atoms with Crippen LogP contribution in [0.1, 0.15) is 63.8 Å². The maximum absolute atomic E-state index is 13.0. The summed E-state index contributed by atoms with van der Waals surface area (Å²) in [6, 6.07) is 14.5. The summed E-state index contributed by atoms with van der Waals surface area (Å²) in [5.41, 5.74) is 3.98. The van der Waals surface area contributed by atoms with Crippen LogP contribution >= 0.6 is 0 Å². The fourth-order valence-electron chi connectivity index (χ4n) is 6.66. The second-order valence-corrected chi connectivity index (χ2v) is 12.1. The van der Waals surface area contributed by atoms with E-state index in [2.05, 4.69) is 53.3 Å². The predicted molar refractivity (Wildman–Crippen MR) is 163 cm³/mol. The van der Waals surface area contributed by atoms with Gasteiger partial charge in [-0.1, -0.05) is 56.7 Å². The van der Waals surface area contributed by atoms with Crippen LogP contribution in [-0.4, -0.2) is 60.8 Å². The lowest BCUT2D eigenvalue weighted by molar-refractivity contribution is -0.172. The lowest BCUT2D eigenvalue weighted by Gasteiger charge is -2.44. The van der Waals surface area contributed by atoms with Gasteiger partial charge in [0.2, 0.25) is 0 Å². The average molecular weight is 560 g/mol. The number of hydrogen-bond donors (Lipinski definition) is 1. The van der Waals surface area contributed by atoms with Gasteiger partial charge in [0.15, 0.2) is 0 Å². The fourth-order valence-corrected chi connectivity index (χ4v) is 6.66. The SMILES string of the molecule is COc1ccc(OC)c2[nH]c(CCCN(C)CC[C@@]3(OC(=O)C(C)C)C[C@@H]4CCC[C@@H]3C=C4c3ccccc3)nc12. The Kier molecular flexibility index (Phi) is 9.03. The fraction of sp³-hybridized carbons (Fsp3) is 0.529. The number of carbonyl (C=O) groups is 1. The number of imidazole rings is 1. The van der Waals surface area contributed by atoms with Crippen molar-refractivity contribution in [2.24, 2.45) is 17.8 Å². The van der Waals surface area contributed by atoms with E-state index in [0.29, 0.717) is 5.92 Å². The minimum absolute atomic E-state index is 0.0781. The summed E-state index contributed by atoms with van der Waals surface area (Å²) in [6.45, 7) is 5.68. The normalized spacial score (nSPS) is 22.2. The van der Waals surface area contributed by atoms with E-state index in [1.165, 1.54) is 17.6 Å². The molecule has 0 aliphatic heterocycles. The van der Waals surface area contributed by atoms with Crippen LogP contribution in [0.25, 0.3) is 16.6 Å². The molecule has 3 atom stereocenters. The van der Waals surface area contributed by atoms with E-state index in [4.69, 9.17) is 19.2 Å². The molecule has 2 bridgehead atoms. The zero-order valence-electron chi connectivity index (χ0n) is 25.2. The van der Waals surface area contributed by atoms with Crippen LogP contribution in [0.3, 0.4) is 0 Å². The van der Waals surface area contributed by atoms with Gasteiger partial charge in [0.1, 0.15) is 34.0 Å². The molecule has 3 aromatic rings. The summed E-state index contributed by atoms with van der Waals surface area (Å²) in [5.74, 6) is 2.88. The average Bonchev–Trinajstić information content (AvgIpc) is 3.19. The summed E-state index contributed by atoms with van der Waals surface area (Å²) >= 11 is 0.